The van der Waals surface area contributed by atoms with Gasteiger partial charge in [0.05, 0.1) is 0 Å². The van der Waals surface area contributed by atoms with E-state index in [0.717, 1.165) is 0 Å². The fourth-order valence-corrected chi connectivity index (χ4v) is 8.85. The van der Waals surface area contributed by atoms with Crippen LogP contribution >= 0.6 is 0 Å². The van der Waals surface area contributed by atoms with Gasteiger partial charge in [-0.3, -0.25) is 0 Å². The molecule has 0 heteroatoms. The van der Waals surface area contributed by atoms with E-state index in [2.05, 4.69) is 19.6 Å². The molecule has 0 heterocycles. The fourth-order valence-electron chi connectivity index (χ4n) is 8.85. The Morgan fingerprint density at radius 1 is 0.185 bits per heavy atom. The van der Waals surface area contributed by atoms with E-state index in [-0.39, 0.29) is 0 Å². The second-order valence-corrected chi connectivity index (χ2v) is 18.4. The molecule has 0 aromatic heterocycles. The van der Waals surface area contributed by atoms with E-state index in [1.165, 1.54) is 327 Å². The summed E-state index contributed by atoms with van der Waals surface area (Å²) < 4.78 is 0. The molecule has 0 nitrogen and oxygen atoms in total. The van der Waals surface area contributed by atoms with Crippen LogP contribution < -0.4 is 0 Å². The molecule has 0 saturated heterocycles. The lowest BCUT2D eigenvalue weighted by atomic mass is 10.0. The van der Waals surface area contributed by atoms with Gasteiger partial charge in [0.15, 0.2) is 0 Å². The zero-order valence-corrected chi connectivity index (χ0v) is 38.3. The van der Waals surface area contributed by atoms with Crippen molar-refractivity contribution >= 4 is 0 Å². The molecule has 0 rings (SSSR count). The zero-order chi connectivity index (χ0) is 38.8. The second kappa shape index (κ2) is 52.7. The summed E-state index contributed by atoms with van der Waals surface area (Å²) in [4.78, 5) is 0. The van der Waals surface area contributed by atoms with Crippen LogP contribution in [0.5, 0.6) is 0 Å². The van der Waals surface area contributed by atoms with Crippen molar-refractivity contribution in [3.05, 3.63) is 12.7 Å². The molecule has 0 aromatic carbocycles. The summed E-state index contributed by atoms with van der Waals surface area (Å²) in [5.41, 5.74) is 0. The number of hydrogen-bond acceptors (Lipinski definition) is 0. The van der Waals surface area contributed by atoms with Gasteiger partial charge in [-0.05, 0) is 12.8 Å². The third-order valence-corrected chi connectivity index (χ3v) is 12.8. The molecule has 0 saturated carbocycles. The van der Waals surface area contributed by atoms with Crippen LogP contribution in [0.15, 0.2) is 12.7 Å². The van der Waals surface area contributed by atoms with Gasteiger partial charge in [-0.1, -0.05) is 328 Å². The van der Waals surface area contributed by atoms with Crippen LogP contribution in [-0.4, -0.2) is 0 Å². The summed E-state index contributed by atoms with van der Waals surface area (Å²) >= 11 is 0. The van der Waals surface area contributed by atoms with Crippen LogP contribution in [0.2, 0.25) is 0 Å². The van der Waals surface area contributed by atoms with Crippen LogP contribution in [-0.2, 0) is 0 Å². The highest BCUT2D eigenvalue weighted by molar-refractivity contribution is 4.65. The van der Waals surface area contributed by atoms with Crippen molar-refractivity contribution in [1.82, 2.24) is 0 Å². The topological polar surface area (TPSA) is 0 Å². The van der Waals surface area contributed by atoms with E-state index in [1.807, 2.05) is 0 Å². The van der Waals surface area contributed by atoms with Crippen molar-refractivity contribution in [2.75, 3.05) is 0 Å². The molecule has 0 aliphatic heterocycles. The van der Waals surface area contributed by atoms with E-state index in [9.17, 15) is 0 Å². The number of hydrogen-bond donors (Lipinski definition) is 0. The molecule has 0 aliphatic rings. The molecule has 0 radical (unpaired) electrons. The molecular weight excluding hydrogens is 649 g/mol. The van der Waals surface area contributed by atoms with Crippen molar-refractivity contribution in [1.29, 1.82) is 0 Å². The predicted octanol–water partition coefficient (Wildman–Crippen LogP) is 21.1. The first-order valence-electron chi connectivity index (χ1n) is 26.5. The maximum absolute atomic E-state index is 3.81. The lowest BCUT2D eigenvalue weighted by molar-refractivity contribution is 0.507. The highest BCUT2D eigenvalue weighted by Gasteiger charge is 1.99. The summed E-state index contributed by atoms with van der Waals surface area (Å²) in [5.74, 6) is 0. The molecule has 0 spiro atoms. The molecule has 0 N–H and O–H groups in total. The quantitative estimate of drug-likeness (QED) is 0.0428. The second-order valence-electron chi connectivity index (χ2n) is 18.4. The van der Waals surface area contributed by atoms with Crippen LogP contribution in [0.3, 0.4) is 0 Å². The molecule has 0 bridgehead atoms. The number of unbranched alkanes of at least 4 members (excludes halogenated alkanes) is 50. The van der Waals surface area contributed by atoms with Gasteiger partial charge in [-0.15, -0.1) is 6.58 Å². The highest BCUT2D eigenvalue weighted by Crippen LogP contribution is 2.19. The minimum atomic E-state index is 1.21. The van der Waals surface area contributed by atoms with Crippen LogP contribution in [0.25, 0.3) is 0 Å². The van der Waals surface area contributed by atoms with Gasteiger partial charge in [0, 0.05) is 0 Å². The monoisotopic (exact) mass is 757 g/mol. The maximum Gasteiger partial charge on any atom is -0.0353 e. The molecule has 0 amide bonds. The molecule has 324 valence electrons. The minimum Gasteiger partial charge on any atom is -0.103 e. The van der Waals surface area contributed by atoms with Gasteiger partial charge in [0.25, 0.3) is 0 Å². The fraction of sp³-hybridized carbons (Fsp3) is 0.963. The van der Waals surface area contributed by atoms with Crippen LogP contribution in [0.1, 0.15) is 334 Å². The Morgan fingerprint density at radius 3 is 0.407 bits per heavy atom. The van der Waals surface area contributed by atoms with Gasteiger partial charge >= 0.3 is 0 Å². The first kappa shape index (κ1) is 53.7. The Hall–Kier alpha value is -0.260. The molecule has 0 atom stereocenters. The van der Waals surface area contributed by atoms with E-state index in [1.54, 1.807) is 0 Å². The summed E-state index contributed by atoms with van der Waals surface area (Å²) in [6, 6.07) is 0. The number of rotatable bonds is 51. The Kier molecular flexibility index (Phi) is 52.5. The van der Waals surface area contributed by atoms with Gasteiger partial charge in [-0.25, -0.2) is 0 Å². The Bertz CT molecular complexity index is 620. The van der Waals surface area contributed by atoms with Gasteiger partial charge in [0.2, 0.25) is 0 Å². The summed E-state index contributed by atoms with van der Waals surface area (Å²) in [7, 11) is 0. The van der Waals surface area contributed by atoms with E-state index >= 15 is 0 Å². The van der Waals surface area contributed by atoms with Crippen molar-refractivity contribution < 1.29 is 0 Å². The smallest absolute Gasteiger partial charge is 0.0353 e. The predicted molar refractivity (Wildman–Crippen MR) is 251 cm³/mol. The first-order chi connectivity index (χ1) is 26.9. The highest BCUT2D eigenvalue weighted by atomic mass is 14.1. The Labute approximate surface area is 345 Å². The largest absolute Gasteiger partial charge is 0.103 e. The summed E-state index contributed by atoms with van der Waals surface area (Å²) in [6.45, 7) is 6.13. The Morgan fingerprint density at radius 2 is 0.296 bits per heavy atom. The van der Waals surface area contributed by atoms with E-state index in [4.69, 9.17) is 0 Å². The van der Waals surface area contributed by atoms with E-state index in [0.29, 0.717) is 0 Å². The van der Waals surface area contributed by atoms with E-state index < -0.39 is 0 Å². The van der Waals surface area contributed by atoms with Gasteiger partial charge < -0.3 is 0 Å². The van der Waals surface area contributed by atoms with Crippen LogP contribution in [0.4, 0.5) is 0 Å². The van der Waals surface area contributed by atoms with Gasteiger partial charge in [-0.2, -0.15) is 0 Å². The Balaban J connectivity index is 3.05. The van der Waals surface area contributed by atoms with Crippen LogP contribution in [0, 0.1) is 0 Å². The number of allylic oxidation sites excluding steroid dienone is 1. The van der Waals surface area contributed by atoms with Crippen molar-refractivity contribution in [3.63, 3.8) is 0 Å². The maximum atomic E-state index is 3.81. The summed E-state index contributed by atoms with van der Waals surface area (Å²) in [5, 5.41) is 0. The molecule has 54 heavy (non-hydrogen) atoms. The van der Waals surface area contributed by atoms with Crippen molar-refractivity contribution in [2.45, 2.75) is 334 Å². The van der Waals surface area contributed by atoms with Crippen molar-refractivity contribution in [2.24, 2.45) is 0 Å². The average Bonchev–Trinajstić information content (AvgIpc) is 3.18. The third kappa shape index (κ3) is 51.7. The van der Waals surface area contributed by atoms with Crippen molar-refractivity contribution in [3.8, 4) is 0 Å². The average molecular weight is 757 g/mol. The lowest BCUT2D eigenvalue weighted by Crippen LogP contribution is -1.85. The minimum absolute atomic E-state index is 1.21. The zero-order valence-electron chi connectivity index (χ0n) is 38.3. The third-order valence-electron chi connectivity index (χ3n) is 12.8. The normalized spacial score (nSPS) is 11.6. The molecule has 0 unspecified atom stereocenters. The molecule has 0 fully saturated rings. The van der Waals surface area contributed by atoms with Gasteiger partial charge in [0.1, 0.15) is 0 Å². The SMILES string of the molecule is C=CCCCCCCCCCCCCCCCCCCCCCCCCCCCCCCCCCCCCCCCCCCCCCCCCCCCC. The first-order valence-corrected chi connectivity index (χ1v) is 26.5. The molecule has 0 aliphatic carbocycles. The molecule has 0 aromatic rings. The summed E-state index contributed by atoms with van der Waals surface area (Å²) in [6.07, 6.45) is 77.4. The lowest BCUT2D eigenvalue weighted by Gasteiger charge is -2.05. The molecular formula is C54H108. The standard InChI is InChI=1S/C54H108/c1-3-5-7-9-11-13-15-17-19-21-23-25-27-29-31-33-35-37-39-41-43-45-47-49-51-53-54-52-50-48-46-44-42-40-38-36-34-32-30-28-26-24-22-20-18-16-14-12-10-8-6-4-2/h3H,1,4-54H2,2H3.